The molecular formula is C16H22O2. The van der Waals surface area contributed by atoms with Gasteiger partial charge in [0.2, 0.25) is 0 Å². The third kappa shape index (κ3) is 3.12. The molecule has 0 heterocycles. The second kappa shape index (κ2) is 6.03. The summed E-state index contributed by atoms with van der Waals surface area (Å²) in [5.41, 5.74) is 2.69. The Morgan fingerprint density at radius 2 is 2.11 bits per heavy atom. The van der Waals surface area contributed by atoms with E-state index in [2.05, 4.69) is 31.2 Å². The highest BCUT2D eigenvalue weighted by molar-refractivity contribution is 5.69. The van der Waals surface area contributed by atoms with E-state index in [1.807, 2.05) is 0 Å². The third-order valence-electron chi connectivity index (χ3n) is 4.04. The molecule has 0 bridgehead atoms. The Morgan fingerprint density at radius 1 is 1.33 bits per heavy atom. The zero-order valence-electron chi connectivity index (χ0n) is 11.3. The molecule has 0 saturated heterocycles. The summed E-state index contributed by atoms with van der Waals surface area (Å²) in [6.45, 7) is 2.13. The van der Waals surface area contributed by atoms with Gasteiger partial charge in [-0.1, -0.05) is 42.7 Å². The minimum Gasteiger partial charge on any atom is -0.469 e. The van der Waals surface area contributed by atoms with Crippen molar-refractivity contribution < 1.29 is 9.53 Å². The molecule has 2 heteroatoms. The van der Waals surface area contributed by atoms with Gasteiger partial charge in [-0.25, -0.2) is 0 Å². The molecule has 2 nitrogen and oxygen atoms in total. The van der Waals surface area contributed by atoms with E-state index in [0.717, 1.165) is 6.42 Å². The molecule has 18 heavy (non-hydrogen) atoms. The molecule has 1 fully saturated rings. The molecule has 0 radical (unpaired) electrons. The van der Waals surface area contributed by atoms with Gasteiger partial charge in [-0.3, -0.25) is 4.79 Å². The summed E-state index contributed by atoms with van der Waals surface area (Å²) >= 11 is 0. The molecular weight excluding hydrogens is 224 g/mol. The number of hydrogen-bond acceptors (Lipinski definition) is 2. The summed E-state index contributed by atoms with van der Waals surface area (Å²) in [4.78, 5) is 11.5. The van der Waals surface area contributed by atoms with E-state index in [4.69, 9.17) is 4.74 Å². The standard InChI is InChI=1S/C16H22O2/c1-12-6-5-8-13(10-12)15-9-4-3-7-14(15)11-16(17)18-2/h5-6,8,10,14-15H,3-4,7,9,11H2,1-2H3. The molecule has 1 aromatic rings. The molecule has 98 valence electrons. The fourth-order valence-corrected chi connectivity index (χ4v) is 3.09. The van der Waals surface area contributed by atoms with Crippen LogP contribution in [0.1, 0.15) is 49.1 Å². The lowest BCUT2D eigenvalue weighted by Gasteiger charge is -2.31. The number of rotatable bonds is 3. The van der Waals surface area contributed by atoms with Gasteiger partial charge in [0.1, 0.15) is 0 Å². The van der Waals surface area contributed by atoms with E-state index in [1.165, 1.54) is 37.5 Å². The van der Waals surface area contributed by atoms with Gasteiger partial charge in [0.15, 0.2) is 0 Å². The average Bonchev–Trinajstić information content (AvgIpc) is 2.39. The minimum atomic E-state index is -0.0699. The van der Waals surface area contributed by atoms with E-state index in [-0.39, 0.29) is 5.97 Å². The Balaban J connectivity index is 2.14. The van der Waals surface area contributed by atoms with Gasteiger partial charge in [-0.05, 0) is 37.2 Å². The van der Waals surface area contributed by atoms with Crippen molar-refractivity contribution in [2.24, 2.45) is 5.92 Å². The molecule has 1 aromatic carbocycles. The van der Waals surface area contributed by atoms with E-state index in [1.54, 1.807) is 0 Å². The molecule has 2 atom stereocenters. The van der Waals surface area contributed by atoms with Crippen molar-refractivity contribution in [1.29, 1.82) is 0 Å². The number of esters is 1. The highest BCUT2D eigenvalue weighted by Gasteiger charge is 2.28. The van der Waals surface area contributed by atoms with Gasteiger partial charge in [-0.2, -0.15) is 0 Å². The molecule has 1 aliphatic carbocycles. The Hall–Kier alpha value is -1.31. The third-order valence-corrected chi connectivity index (χ3v) is 4.04. The number of benzene rings is 1. The van der Waals surface area contributed by atoms with Crippen molar-refractivity contribution in [2.75, 3.05) is 7.11 Å². The Morgan fingerprint density at radius 3 is 2.83 bits per heavy atom. The Labute approximate surface area is 109 Å². The number of carbonyl (C=O) groups is 1. The number of carbonyl (C=O) groups excluding carboxylic acids is 1. The number of methoxy groups -OCH3 is 1. The first-order valence-electron chi connectivity index (χ1n) is 6.84. The maximum Gasteiger partial charge on any atom is 0.305 e. The van der Waals surface area contributed by atoms with Crippen LogP contribution < -0.4 is 0 Å². The van der Waals surface area contributed by atoms with Crippen LogP contribution in [-0.4, -0.2) is 13.1 Å². The fraction of sp³-hybridized carbons (Fsp3) is 0.562. The van der Waals surface area contributed by atoms with Crippen molar-refractivity contribution >= 4 is 5.97 Å². The van der Waals surface area contributed by atoms with Crippen LogP contribution in [0.2, 0.25) is 0 Å². The predicted molar refractivity (Wildman–Crippen MR) is 72.5 cm³/mol. The van der Waals surface area contributed by atoms with Crippen LogP contribution in [0.15, 0.2) is 24.3 Å². The fourth-order valence-electron chi connectivity index (χ4n) is 3.09. The van der Waals surface area contributed by atoms with Gasteiger partial charge in [-0.15, -0.1) is 0 Å². The summed E-state index contributed by atoms with van der Waals surface area (Å²) in [5, 5.41) is 0. The molecule has 0 aromatic heterocycles. The smallest absolute Gasteiger partial charge is 0.305 e. The van der Waals surface area contributed by atoms with Crippen LogP contribution in [0.5, 0.6) is 0 Å². The van der Waals surface area contributed by atoms with Crippen molar-refractivity contribution in [3.63, 3.8) is 0 Å². The summed E-state index contributed by atoms with van der Waals surface area (Å²) in [6, 6.07) is 8.71. The van der Waals surface area contributed by atoms with E-state index in [9.17, 15) is 4.79 Å². The van der Waals surface area contributed by atoms with Crippen molar-refractivity contribution in [3.05, 3.63) is 35.4 Å². The highest BCUT2D eigenvalue weighted by atomic mass is 16.5. The maximum absolute atomic E-state index is 11.5. The summed E-state index contributed by atoms with van der Waals surface area (Å²) < 4.78 is 4.82. The number of hydrogen-bond donors (Lipinski definition) is 0. The Kier molecular flexibility index (Phi) is 4.40. The molecule has 1 saturated carbocycles. The van der Waals surface area contributed by atoms with Gasteiger partial charge < -0.3 is 4.74 Å². The van der Waals surface area contributed by atoms with Crippen molar-refractivity contribution in [3.8, 4) is 0 Å². The van der Waals surface area contributed by atoms with Gasteiger partial charge in [0.05, 0.1) is 7.11 Å². The zero-order valence-corrected chi connectivity index (χ0v) is 11.3. The van der Waals surface area contributed by atoms with Crippen LogP contribution in [0.3, 0.4) is 0 Å². The first-order valence-corrected chi connectivity index (χ1v) is 6.84. The monoisotopic (exact) mass is 246 g/mol. The lowest BCUT2D eigenvalue weighted by Crippen LogP contribution is -2.21. The number of ether oxygens (including phenoxy) is 1. The molecule has 0 amide bonds. The van der Waals surface area contributed by atoms with Crippen LogP contribution in [0.4, 0.5) is 0 Å². The van der Waals surface area contributed by atoms with Crippen LogP contribution in [0.25, 0.3) is 0 Å². The molecule has 2 unspecified atom stereocenters. The highest BCUT2D eigenvalue weighted by Crippen LogP contribution is 2.39. The van der Waals surface area contributed by atoms with Crippen molar-refractivity contribution in [1.82, 2.24) is 0 Å². The molecule has 0 aliphatic heterocycles. The van der Waals surface area contributed by atoms with E-state index in [0.29, 0.717) is 18.3 Å². The summed E-state index contributed by atoms with van der Waals surface area (Å²) in [5.74, 6) is 0.908. The summed E-state index contributed by atoms with van der Waals surface area (Å²) in [6.07, 6.45) is 5.42. The Bertz CT molecular complexity index is 411. The predicted octanol–water partition coefficient (Wildman–Crippen LogP) is 3.83. The second-order valence-corrected chi connectivity index (χ2v) is 5.35. The minimum absolute atomic E-state index is 0.0699. The SMILES string of the molecule is COC(=O)CC1CCCCC1c1cccc(C)c1. The lowest BCUT2D eigenvalue weighted by atomic mass is 9.74. The average molecular weight is 246 g/mol. The van der Waals surface area contributed by atoms with Gasteiger partial charge in [0, 0.05) is 6.42 Å². The zero-order chi connectivity index (χ0) is 13.0. The first-order chi connectivity index (χ1) is 8.70. The van der Waals surface area contributed by atoms with Crippen molar-refractivity contribution in [2.45, 2.75) is 44.9 Å². The van der Waals surface area contributed by atoms with Crippen LogP contribution in [0, 0.1) is 12.8 Å². The molecule has 2 rings (SSSR count). The largest absolute Gasteiger partial charge is 0.469 e. The van der Waals surface area contributed by atoms with Gasteiger partial charge >= 0.3 is 5.97 Å². The normalized spacial score (nSPS) is 23.7. The molecule has 0 spiro atoms. The lowest BCUT2D eigenvalue weighted by molar-refractivity contribution is -0.142. The van der Waals surface area contributed by atoms with E-state index >= 15 is 0 Å². The van der Waals surface area contributed by atoms with Crippen LogP contribution >= 0.6 is 0 Å². The van der Waals surface area contributed by atoms with E-state index < -0.39 is 0 Å². The van der Waals surface area contributed by atoms with Gasteiger partial charge in [0.25, 0.3) is 0 Å². The summed E-state index contributed by atoms with van der Waals surface area (Å²) in [7, 11) is 1.48. The molecule has 1 aliphatic rings. The second-order valence-electron chi connectivity index (χ2n) is 5.35. The quantitative estimate of drug-likeness (QED) is 0.758. The number of aryl methyl sites for hydroxylation is 1. The molecule has 0 N–H and O–H groups in total. The topological polar surface area (TPSA) is 26.3 Å². The first kappa shape index (κ1) is 13.1. The maximum atomic E-state index is 11.5. The van der Waals surface area contributed by atoms with Crippen LogP contribution in [-0.2, 0) is 9.53 Å².